The van der Waals surface area contributed by atoms with Gasteiger partial charge in [-0.1, -0.05) is 23.7 Å². The SMILES string of the molecule is COc1ccc(Nc2nc3cc(C)c(C)cc3nc2NS(=O)(=O)c2ccccc2C(F)(F)F)cc1Cl. The van der Waals surface area contributed by atoms with Crippen molar-refractivity contribution in [2.24, 2.45) is 0 Å². The van der Waals surface area contributed by atoms with Crippen LogP contribution in [-0.2, 0) is 16.2 Å². The van der Waals surface area contributed by atoms with E-state index in [1.54, 1.807) is 24.3 Å². The Balaban J connectivity index is 1.85. The molecule has 12 heteroatoms. The van der Waals surface area contributed by atoms with E-state index < -0.39 is 26.7 Å². The third-order valence-corrected chi connectivity index (χ3v) is 7.10. The number of sulfonamides is 1. The average Bonchev–Trinajstić information content (AvgIpc) is 2.80. The standard InChI is InChI=1S/C24H20ClF3N4O3S/c1-13-10-18-19(11-14(13)2)31-23(22(30-18)29-15-8-9-20(35-3)17(25)12-15)32-36(33,34)21-7-5-4-6-16(21)24(26,27)28/h4-12H,1-3H3,(H,29,30)(H,31,32). The Labute approximate surface area is 210 Å². The molecule has 0 bridgehead atoms. The Bertz CT molecular complexity index is 1580. The number of anilines is 3. The van der Waals surface area contributed by atoms with Crippen LogP contribution in [0.1, 0.15) is 16.7 Å². The topological polar surface area (TPSA) is 93.2 Å². The first-order valence-electron chi connectivity index (χ1n) is 10.5. The molecule has 0 aliphatic rings. The van der Waals surface area contributed by atoms with Gasteiger partial charge in [-0.05, 0) is 67.4 Å². The summed E-state index contributed by atoms with van der Waals surface area (Å²) in [5, 5.41) is 3.23. The molecule has 0 aliphatic carbocycles. The summed E-state index contributed by atoms with van der Waals surface area (Å²) in [6.45, 7) is 3.74. The molecule has 1 aromatic heterocycles. The maximum absolute atomic E-state index is 13.5. The number of rotatable bonds is 6. The molecule has 0 unspecified atom stereocenters. The molecule has 0 radical (unpaired) electrons. The molecule has 36 heavy (non-hydrogen) atoms. The summed E-state index contributed by atoms with van der Waals surface area (Å²) in [4.78, 5) is 7.94. The molecular weight excluding hydrogens is 517 g/mol. The summed E-state index contributed by atoms with van der Waals surface area (Å²) >= 11 is 6.20. The van der Waals surface area contributed by atoms with Crippen molar-refractivity contribution in [3.8, 4) is 5.75 Å². The molecule has 1 heterocycles. The van der Waals surface area contributed by atoms with E-state index in [2.05, 4.69) is 20.0 Å². The van der Waals surface area contributed by atoms with E-state index in [0.29, 0.717) is 28.5 Å². The van der Waals surface area contributed by atoms with Gasteiger partial charge >= 0.3 is 6.18 Å². The molecule has 0 amide bonds. The molecule has 0 fully saturated rings. The minimum Gasteiger partial charge on any atom is -0.495 e. The summed E-state index contributed by atoms with van der Waals surface area (Å²) < 4.78 is 74.1. The molecule has 2 N–H and O–H groups in total. The summed E-state index contributed by atoms with van der Waals surface area (Å²) in [6, 6.07) is 12.1. The molecule has 7 nitrogen and oxygen atoms in total. The predicted molar refractivity (Wildman–Crippen MR) is 133 cm³/mol. The number of aromatic nitrogens is 2. The van der Waals surface area contributed by atoms with Crippen LogP contribution in [0.4, 0.5) is 30.5 Å². The maximum atomic E-state index is 13.5. The molecule has 0 saturated heterocycles. The van der Waals surface area contributed by atoms with E-state index in [9.17, 15) is 21.6 Å². The quantitative estimate of drug-likeness (QED) is 0.293. The number of nitrogens with one attached hydrogen (secondary N) is 2. The van der Waals surface area contributed by atoms with E-state index in [1.165, 1.54) is 19.2 Å². The monoisotopic (exact) mass is 536 g/mol. The van der Waals surface area contributed by atoms with Gasteiger partial charge in [0.1, 0.15) is 5.75 Å². The number of benzene rings is 3. The molecule has 0 atom stereocenters. The van der Waals surface area contributed by atoms with Crippen LogP contribution in [0.5, 0.6) is 5.75 Å². The van der Waals surface area contributed by atoms with Gasteiger partial charge in [0.2, 0.25) is 0 Å². The third kappa shape index (κ3) is 5.17. The van der Waals surface area contributed by atoms with Gasteiger partial charge in [0.15, 0.2) is 11.6 Å². The van der Waals surface area contributed by atoms with Crippen molar-refractivity contribution in [1.82, 2.24) is 9.97 Å². The maximum Gasteiger partial charge on any atom is 0.417 e. The molecule has 188 valence electrons. The number of fused-ring (bicyclic) bond motifs is 1. The van der Waals surface area contributed by atoms with Crippen molar-refractivity contribution >= 4 is 50.0 Å². The first kappa shape index (κ1) is 25.5. The number of ether oxygens (including phenoxy) is 1. The number of halogens is 4. The summed E-state index contributed by atoms with van der Waals surface area (Å²) in [5.74, 6) is 0.109. The minimum absolute atomic E-state index is 0.0277. The number of hydrogen-bond acceptors (Lipinski definition) is 6. The van der Waals surface area contributed by atoms with E-state index in [0.717, 1.165) is 23.3 Å². The van der Waals surface area contributed by atoms with Gasteiger partial charge in [0, 0.05) is 5.69 Å². The molecular formula is C24H20ClF3N4O3S. The fourth-order valence-electron chi connectivity index (χ4n) is 3.47. The van der Waals surface area contributed by atoms with Crippen LogP contribution >= 0.6 is 11.6 Å². The average molecular weight is 537 g/mol. The van der Waals surface area contributed by atoms with Gasteiger partial charge in [-0.25, -0.2) is 18.4 Å². The van der Waals surface area contributed by atoms with E-state index in [-0.39, 0.29) is 16.7 Å². The Morgan fingerprint density at radius 2 is 1.53 bits per heavy atom. The number of alkyl halides is 3. The zero-order valence-electron chi connectivity index (χ0n) is 19.2. The molecule has 0 aliphatic heterocycles. The Kier molecular flexibility index (Phi) is 6.72. The fourth-order valence-corrected chi connectivity index (χ4v) is 4.96. The molecule has 0 saturated carbocycles. The molecule has 4 aromatic rings. The van der Waals surface area contributed by atoms with Crippen LogP contribution in [0.15, 0.2) is 59.5 Å². The van der Waals surface area contributed by atoms with Crippen molar-refractivity contribution in [3.63, 3.8) is 0 Å². The van der Waals surface area contributed by atoms with Gasteiger partial charge in [-0.15, -0.1) is 0 Å². The summed E-state index contributed by atoms with van der Waals surface area (Å²) in [7, 11) is -3.25. The first-order chi connectivity index (χ1) is 16.9. The lowest BCUT2D eigenvalue weighted by atomic mass is 10.1. The van der Waals surface area contributed by atoms with Crippen LogP contribution in [0.2, 0.25) is 5.02 Å². The number of nitrogens with zero attached hydrogens (tertiary/aromatic N) is 2. The highest BCUT2D eigenvalue weighted by molar-refractivity contribution is 7.92. The Morgan fingerprint density at radius 1 is 0.917 bits per heavy atom. The Hall–Kier alpha value is -3.57. The molecule has 0 spiro atoms. The number of aryl methyl sites for hydroxylation is 2. The largest absolute Gasteiger partial charge is 0.495 e. The zero-order chi connectivity index (χ0) is 26.3. The van der Waals surface area contributed by atoms with Crippen LogP contribution < -0.4 is 14.8 Å². The lowest BCUT2D eigenvalue weighted by Crippen LogP contribution is -2.20. The normalized spacial score (nSPS) is 12.0. The van der Waals surface area contributed by atoms with E-state index in [4.69, 9.17) is 16.3 Å². The number of hydrogen-bond donors (Lipinski definition) is 2. The van der Waals surface area contributed by atoms with Gasteiger partial charge in [-0.2, -0.15) is 13.2 Å². The van der Waals surface area contributed by atoms with Crippen molar-refractivity contribution in [3.05, 3.63) is 76.3 Å². The van der Waals surface area contributed by atoms with Crippen LogP contribution in [0, 0.1) is 13.8 Å². The van der Waals surface area contributed by atoms with E-state index in [1.807, 2.05) is 13.8 Å². The van der Waals surface area contributed by atoms with Gasteiger partial charge in [-0.3, -0.25) is 4.72 Å². The van der Waals surface area contributed by atoms with Crippen molar-refractivity contribution < 1.29 is 26.3 Å². The number of methoxy groups -OCH3 is 1. The smallest absolute Gasteiger partial charge is 0.417 e. The highest BCUT2D eigenvalue weighted by Gasteiger charge is 2.37. The van der Waals surface area contributed by atoms with Crippen molar-refractivity contribution in [2.75, 3.05) is 17.1 Å². The second-order valence-electron chi connectivity index (χ2n) is 7.92. The summed E-state index contributed by atoms with van der Waals surface area (Å²) in [5.41, 5.74) is 1.76. The highest BCUT2D eigenvalue weighted by atomic mass is 35.5. The first-order valence-corrected chi connectivity index (χ1v) is 12.3. The lowest BCUT2D eigenvalue weighted by molar-refractivity contribution is -0.139. The van der Waals surface area contributed by atoms with Crippen LogP contribution in [0.25, 0.3) is 11.0 Å². The predicted octanol–water partition coefficient (Wildman–Crippen LogP) is 6.47. The van der Waals surface area contributed by atoms with Gasteiger partial charge in [0.05, 0.1) is 33.6 Å². The van der Waals surface area contributed by atoms with Crippen LogP contribution in [-0.4, -0.2) is 25.5 Å². The minimum atomic E-state index is -4.88. The third-order valence-electron chi connectivity index (χ3n) is 5.41. The summed E-state index contributed by atoms with van der Waals surface area (Å²) in [6.07, 6.45) is -4.88. The molecule has 3 aromatic carbocycles. The van der Waals surface area contributed by atoms with Crippen molar-refractivity contribution in [1.29, 1.82) is 0 Å². The molecule has 4 rings (SSSR count). The zero-order valence-corrected chi connectivity index (χ0v) is 20.8. The van der Waals surface area contributed by atoms with Crippen LogP contribution in [0.3, 0.4) is 0 Å². The van der Waals surface area contributed by atoms with E-state index >= 15 is 0 Å². The lowest BCUT2D eigenvalue weighted by Gasteiger charge is -2.17. The van der Waals surface area contributed by atoms with Gasteiger partial charge in [0.25, 0.3) is 10.0 Å². The highest BCUT2D eigenvalue weighted by Crippen LogP contribution is 2.36. The second kappa shape index (κ2) is 9.47. The second-order valence-corrected chi connectivity index (χ2v) is 9.98. The van der Waals surface area contributed by atoms with Crippen molar-refractivity contribution in [2.45, 2.75) is 24.9 Å². The Morgan fingerprint density at radius 3 is 2.11 bits per heavy atom. The van der Waals surface area contributed by atoms with Gasteiger partial charge < -0.3 is 10.1 Å². The fraction of sp³-hybridized carbons (Fsp3) is 0.167.